The highest BCUT2D eigenvalue weighted by molar-refractivity contribution is 5.85. The molecule has 1 N–H and O–H groups in total. The molecule has 1 aliphatic carbocycles. The highest BCUT2D eigenvalue weighted by Crippen LogP contribution is 2.40. The van der Waals surface area contributed by atoms with E-state index in [9.17, 15) is 4.79 Å². The van der Waals surface area contributed by atoms with Crippen molar-refractivity contribution in [3.05, 3.63) is 24.1 Å². The highest BCUT2D eigenvalue weighted by Gasteiger charge is 2.29. The summed E-state index contributed by atoms with van der Waals surface area (Å²) in [5.74, 6) is 1.55. The van der Waals surface area contributed by atoms with E-state index in [0.717, 1.165) is 48.6 Å². The number of nitrogens with one attached hydrogen (secondary N) is 1. The molecule has 1 saturated carbocycles. The third-order valence-corrected chi connectivity index (χ3v) is 4.50. The van der Waals surface area contributed by atoms with Gasteiger partial charge in [-0.3, -0.25) is 4.79 Å². The molecule has 116 valence electrons. The summed E-state index contributed by atoms with van der Waals surface area (Å²) in [5, 5.41) is 3.29. The van der Waals surface area contributed by atoms with Crippen molar-refractivity contribution >= 4 is 22.7 Å². The van der Waals surface area contributed by atoms with E-state index < -0.39 is 0 Å². The van der Waals surface area contributed by atoms with Crippen molar-refractivity contribution < 1.29 is 9.21 Å². The van der Waals surface area contributed by atoms with E-state index in [1.54, 1.807) is 0 Å². The number of likely N-dealkylation sites (tertiary alicyclic amines) is 1. The normalized spacial score (nSPS) is 19.6. The molecule has 0 bridgehead atoms. The quantitative estimate of drug-likeness (QED) is 0.942. The number of aromatic nitrogens is 1. The van der Waals surface area contributed by atoms with Crippen LogP contribution in [0.2, 0.25) is 0 Å². The van der Waals surface area contributed by atoms with E-state index >= 15 is 0 Å². The topological polar surface area (TPSA) is 58.4 Å². The molecule has 5 heteroatoms. The number of amides is 1. The van der Waals surface area contributed by atoms with Crippen molar-refractivity contribution in [2.45, 2.75) is 44.6 Å². The van der Waals surface area contributed by atoms with Gasteiger partial charge in [0.05, 0.1) is 0 Å². The molecule has 1 aromatic heterocycles. The SMILES string of the molecule is CC(Nc1ccc2oc(C3CC3)nc2c1)C(=O)N1CCCC1. The fourth-order valence-electron chi connectivity index (χ4n) is 3.06. The van der Waals surface area contributed by atoms with E-state index in [4.69, 9.17) is 4.42 Å². The Bertz CT molecular complexity index is 699. The van der Waals surface area contributed by atoms with Crippen molar-refractivity contribution in [2.75, 3.05) is 18.4 Å². The number of hydrogen-bond donors (Lipinski definition) is 1. The molecular weight excluding hydrogens is 278 g/mol. The molecule has 2 heterocycles. The van der Waals surface area contributed by atoms with Crippen molar-refractivity contribution in [2.24, 2.45) is 0 Å². The van der Waals surface area contributed by atoms with Crippen LogP contribution in [0.5, 0.6) is 0 Å². The molecule has 5 nitrogen and oxygen atoms in total. The molecule has 1 atom stereocenters. The summed E-state index contributed by atoms with van der Waals surface area (Å²) >= 11 is 0. The Hall–Kier alpha value is -2.04. The largest absolute Gasteiger partial charge is 0.440 e. The Morgan fingerprint density at radius 1 is 1.36 bits per heavy atom. The number of hydrogen-bond acceptors (Lipinski definition) is 4. The Labute approximate surface area is 129 Å². The Morgan fingerprint density at radius 2 is 2.14 bits per heavy atom. The van der Waals surface area contributed by atoms with E-state index in [1.807, 2.05) is 30.0 Å². The molecule has 2 fully saturated rings. The van der Waals surface area contributed by atoms with Gasteiger partial charge in [-0.2, -0.15) is 0 Å². The zero-order chi connectivity index (χ0) is 15.1. The van der Waals surface area contributed by atoms with E-state index in [2.05, 4.69) is 10.3 Å². The second kappa shape index (κ2) is 5.30. The van der Waals surface area contributed by atoms with Crippen molar-refractivity contribution in [3.8, 4) is 0 Å². The maximum Gasteiger partial charge on any atom is 0.244 e. The maximum absolute atomic E-state index is 12.3. The highest BCUT2D eigenvalue weighted by atomic mass is 16.3. The van der Waals surface area contributed by atoms with Gasteiger partial charge in [0.2, 0.25) is 5.91 Å². The Balaban J connectivity index is 1.49. The van der Waals surface area contributed by atoms with Gasteiger partial charge >= 0.3 is 0 Å². The Morgan fingerprint density at radius 3 is 2.86 bits per heavy atom. The monoisotopic (exact) mass is 299 g/mol. The van der Waals surface area contributed by atoms with Gasteiger partial charge in [-0.25, -0.2) is 4.98 Å². The number of benzene rings is 1. The molecule has 1 amide bonds. The molecule has 2 aliphatic rings. The predicted octanol–water partition coefficient (Wildman–Crippen LogP) is 3.13. The van der Waals surface area contributed by atoms with Gasteiger partial charge in [0.1, 0.15) is 11.6 Å². The fourth-order valence-corrected chi connectivity index (χ4v) is 3.06. The first-order valence-electron chi connectivity index (χ1n) is 8.16. The lowest BCUT2D eigenvalue weighted by Gasteiger charge is -2.21. The summed E-state index contributed by atoms with van der Waals surface area (Å²) in [6.45, 7) is 3.69. The lowest BCUT2D eigenvalue weighted by Crippen LogP contribution is -2.39. The van der Waals surface area contributed by atoms with Gasteiger partial charge in [0.15, 0.2) is 11.5 Å². The molecule has 0 radical (unpaired) electrons. The van der Waals surface area contributed by atoms with Gasteiger partial charge in [0, 0.05) is 24.7 Å². The molecule has 1 saturated heterocycles. The van der Waals surface area contributed by atoms with E-state index in [1.165, 1.54) is 12.8 Å². The van der Waals surface area contributed by atoms with Crippen molar-refractivity contribution in [1.29, 1.82) is 0 Å². The van der Waals surface area contributed by atoms with Crippen LogP contribution >= 0.6 is 0 Å². The number of rotatable bonds is 4. The smallest absolute Gasteiger partial charge is 0.244 e. The van der Waals surface area contributed by atoms with Crippen LogP contribution in [0, 0.1) is 0 Å². The van der Waals surface area contributed by atoms with Gasteiger partial charge in [-0.15, -0.1) is 0 Å². The van der Waals surface area contributed by atoms with Crippen LogP contribution in [0.4, 0.5) is 5.69 Å². The number of carbonyl (C=O) groups is 1. The molecule has 1 unspecified atom stereocenters. The summed E-state index contributed by atoms with van der Waals surface area (Å²) in [7, 11) is 0. The summed E-state index contributed by atoms with van der Waals surface area (Å²) in [4.78, 5) is 18.8. The van der Waals surface area contributed by atoms with Crippen molar-refractivity contribution in [1.82, 2.24) is 9.88 Å². The molecule has 4 rings (SSSR count). The second-order valence-electron chi connectivity index (χ2n) is 6.41. The number of nitrogens with zero attached hydrogens (tertiary/aromatic N) is 2. The fraction of sp³-hybridized carbons (Fsp3) is 0.529. The minimum absolute atomic E-state index is 0.177. The summed E-state index contributed by atoms with van der Waals surface area (Å²) in [6.07, 6.45) is 4.60. The van der Waals surface area contributed by atoms with Crippen LogP contribution in [-0.4, -0.2) is 34.9 Å². The van der Waals surface area contributed by atoms with Crippen molar-refractivity contribution in [3.63, 3.8) is 0 Å². The zero-order valence-electron chi connectivity index (χ0n) is 12.8. The van der Waals surface area contributed by atoms with Crippen LogP contribution in [0.1, 0.15) is 44.4 Å². The predicted molar refractivity (Wildman–Crippen MR) is 84.9 cm³/mol. The van der Waals surface area contributed by atoms with Crippen LogP contribution in [0.25, 0.3) is 11.1 Å². The second-order valence-corrected chi connectivity index (χ2v) is 6.41. The summed E-state index contributed by atoms with van der Waals surface area (Å²) in [6, 6.07) is 5.64. The molecule has 1 aromatic carbocycles. The molecular formula is C17H21N3O2. The third-order valence-electron chi connectivity index (χ3n) is 4.50. The van der Waals surface area contributed by atoms with Gasteiger partial charge in [-0.05, 0) is 50.8 Å². The third kappa shape index (κ3) is 2.56. The standard InChI is InChI=1S/C17H21N3O2/c1-11(17(21)20-8-2-3-9-20)18-13-6-7-15-14(10-13)19-16(22-15)12-4-5-12/h6-7,10-12,18H,2-5,8-9H2,1H3. The first-order chi connectivity index (χ1) is 10.7. The maximum atomic E-state index is 12.3. The first-order valence-corrected chi connectivity index (χ1v) is 8.16. The lowest BCUT2D eigenvalue weighted by molar-refractivity contribution is -0.130. The van der Waals surface area contributed by atoms with Crippen LogP contribution in [0.15, 0.2) is 22.6 Å². The van der Waals surface area contributed by atoms with Gasteiger partial charge in [0.25, 0.3) is 0 Å². The molecule has 22 heavy (non-hydrogen) atoms. The van der Waals surface area contributed by atoms with Gasteiger partial charge in [-0.1, -0.05) is 0 Å². The van der Waals surface area contributed by atoms with E-state index in [0.29, 0.717) is 5.92 Å². The summed E-state index contributed by atoms with van der Waals surface area (Å²) < 4.78 is 5.77. The number of carbonyl (C=O) groups excluding carboxylic acids is 1. The molecule has 2 aromatic rings. The van der Waals surface area contributed by atoms with Crippen LogP contribution in [-0.2, 0) is 4.79 Å². The number of oxazole rings is 1. The molecule has 1 aliphatic heterocycles. The number of anilines is 1. The molecule has 0 spiro atoms. The zero-order valence-corrected chi connectivity index (χ0v) is 12.8. The van der Waals surface area contributed by atoms with Gasteiger partial charge < -0.3 is 14.6 Å². The minimum Gasteiger partial charge on any atom is -0.440 e. The first kappa shape index (κ1) is 13.6. The number of fused-ring (bicyclic) bond motifs is 1. The average Bonchev–Trinajstić information content (AvgIpc) is 3.07. The lowest BCUT2D eigenvalue weighted by atomic mass is 10.2. The average molecular weight is 299 g/mol. The van der Waals surface area contributed by atoms with E-state index in [-0.39, 0.29) is 11.9 Å². The van der Waals surface area contributed by atoms with Crippen LogP contribution in [0.3, 0.4) is 0 Å². The van der Waals surface area contributed by atoms with Crippen LogP contribution < -0.4 is 5.32 Å². The minimum atomic E-state index is -0.217. The summed E-state index contributed by atoms with van der Waals surface area (Å²) in [5.41, 5.74) is 2.61. The Kier molecular flexibility index (Phi) is 3.28.